The number of halogens is 1. The molecule has 0 saturated heterocycles. The van der Waals surface area contributed by atoms with Crippen LogP contribution in [0.3, 0.4) is 0 Å². The Kier molecular flexibility index (Phi) is 6.76. The van der Waals surface area contributed by atoms with Crippen LogP contribution < -0.4 is 5.73 Å². The van der Waals surface area contributed by atoms with E-state index in [2.05, 4.69) is 4.98 Å². The van der Waals surface area contributed by atoms with Crippen molar-refractivity contribution in [1.82, 2.24) is 9.88 Å². The summed E-state index contributed by atoms with van der Waals surface area (Å²) < 4.78 is 0. The highest BCUT2D eigenvalue weighted by Gasteiger charge is 2.23. The van der Waals surface area contributed by atoms with Crippen LogP contribution in [-0.2, 0) is 13.1 Å². The van der Waals surface area contributed by atoms with Crippen molar-refractivity contribution in [2.24, 2.45) is 5.73 Å². The van der Waals surface area contributed by atoms with Gasteiger partial charge in [-0.3, -0.25) is 4.79 Å². The van der Waals surface area contributed by atoms with Gasteiger partial charge in [0.05, 0.1) is 12.2 Å². The van der Waals surface area contributed by atoms with E-state index in [4.69, 9.17) is 17.3 Å². The summed E-state index contributed by atoms with van der Waals surface area (Å²) in [7, 11) is 0. The Morgan fingerprint density at radius 2 is 1.75 bits per heavy atom. The Hall–Kier alpha value is -2.73. The van der Waals surface area contributed by atoms with E-state index in [-0.39, 0.29) is 24.2 Å². The van der Waals surface area contributed by atoms with Gasteiger partial charge in [0.1, 0.15) is 5.15 Å². The Bertz CT molecular complexity index is 930. The molecule has 1 aromatic heterocycles. The summed E-state index contributed by atoms with van der Waals surface area (Å²) in [5.41, 5.74) is 9.53. The monoisotopic (exact) mass is 395 g/mol. The minimum Gasteiger partial charge on any atom is -0.395 e. The molecule has 28 heavy (non-hydrogen) atoms. The Morgan fingerprint density at radius 3 is 2.39 bits per heavy atom. The minimum absolute atomic E-state index is 0.140. The summed E-state index contributed by atoms with van der Waals surface area (Å²) in [6.45, 7) is 0.878. The standard InChI is InChI=1S/C22H22ClN3O2/c23-21-20(19(10-11-25-21)18-8-6-16(14-24)7-9-18)22(28)26(12-13-27)15-17-4-2-1-3-5-17/h1-11,27H,12-15,24H2. The first kappa shape index (κ1) is 20.0. The molecule has 2 aromatic carbocycles. The van der Waals surface area contributed by atoms with Crippen molar-refractivity contribution in [3.63, 3.8) is 0 Å². The van der Waals surface area contributed by atoms with Gasteiger partial charge in [-0.15, -0.1) is 0 Å². The van der Waals surface area contributed by atoms with Gasteiger partial charge in [0.25, 0.3) is 5.91 Å². The number of rotatable bonds is 7. The van der Waals surface area contributed by atoms with E-state index in [1.54, 1.807) is 17.2 Å². The summed E-state index contributed by atoms with van der Waals surface area (Å²) in [6, 6.07) is 19.1. The van der Waals surface area contributed by atoms with Crippen molar-refractivity contribution in [1.29, 1.82) is 0 Å². The quantitative estimate of drug-likeness (QED) is 0.600. The lowest BCUT2D eigenvalue weighted by molar-refractivity contribution is 0.0708. The van der Waals surface area contributed by atoms with E-state index < -0.39 is 0 Å². The fraction of sp³-hybridized carbons (Fsp3) is 0.182. The van der Waals surface area contributed by atoms with Crippen molar-refractivity contribution in [2.45, 2.75) is 13.1 Å². The van der Waals surface area contributed by atoms with E-state index >= 15 is 0 Å². The third-order valence-corrected chi connectivity index (χ3v) is 4.78. The van der Waals surface area contributed by atoms with E-state index in [1.807, 2.05) is 54.6 Å². The van der Waals surface area contributed by atoms with Crippen LogP contribution in [0.1, 0.15) is 21.5 Å². The molecule has 0 aliphatic heterocycles. The number of pyridine rings is 1. The molecule has 0 aliphatic rings. The van der Waals surface area contributed by atoms with E-state index in [0.29, 0.717) is 24.2 Å². The van der Waals surface area contributed by atoms with Gasteiger partial charge in [-0.1, -0.05) is 66.2 Å². The Balaban J connectivity index is 1.99. The van der Waals surface area contributed by atoms with Crippen LogP contribution in [0.4, 0.5) is 0 Å². The molecule has 144 valence electrons. The number of nitrogens with zero attached hydrogens (tertiary/aromatic N) is 2. The highest BCUT2D eigenvalue weighted by Crippen LogP contribution is 2.29. The number of hydrogen-bond donors (Lipinski definition) is 2. The van der Waals surface area contributed by atoms with E-state index in [1.165, 1.54) is 0 Å². The van der Waals surface area contributed by atoms with E-state index in [9.17, 15) is 9.90 Å². The lowest BCUT2D eigenvalue weighted by atomic mass is 9.99. The third kappa shape index (κ3) is 4.57. The molecule has 0 spiro atoms. The summed E-state index contributed by atoms with van der Waals surface area (Å²) in [5.74, 6) is -0.270. The molecule has 0 bridgehead atoms. The molecule has 1 amide bonds. The third-order valence-electron chi connectivity index (χ3n) is 4.49. The molecular formula is C22H22ClN3O2. The number of aliphatic hydroxyl groups is 1. The van der Waals surface area contributed by atoms with Crippen molar-refractivity contribution < 1.29 is 9.90 Å². The summed E-state index contributed by atoms with van der Waals surface area (Å²) in [5, 5.41) is 9.61. The SMILES string of the molecule is NCc1ccc(-c2ccnc(Cl)c2C(=O)N(CCO)Cc2ccccc2)cc1. The van der Waals surface area contributed by atoms with Gasteiger partial charge in [-0.2, -0.15) is 0 Å². The number of benzene rings is 2. The smallest absolute Gasteiger partial charge is 0.258 e. The fourth-order valence-electron chi connectivity index (χ4n) is 3.04. The van der Waals surface area contributed by atoms with Crippen molar-refractivity contribution in [3.05, 3.63) is 88.7 Å². The number of carbonyl (C=O) groups excluding carboxylic acids is 1. The maximum atomic E-state index is 13.3. The number of aromatic nitrogens is 1. The van der Waals surface area contributed by atoms with Gasteiger partial charge in [-0.05, 0) is 28.3 Å². The molecule has 6 heteroatoms. The second kappa shape index (κ2) is 9.46. The van der Waals surface area contributed by atoms with Gasteiger partial charge in [-0.25, -0.2) is 4.98 Å². The number of aliphatic hydroxyl groups excluding tert-OH is 1. The largest absolute Gasteiger partial charge is 0.395 e. The summed E-state index contributed by atoms with van der Waals surface area (Å²) in [4.78, 5) is 19.0. The van der Waals surface area contributed by atoms with Crippen molar-refractivity contribution in [3.8, 4) is 11.1 Å². The van der Waals surface area contributed by atoms with Crippen molar-refractivity contribution in [2.75, 3.05) is 13.2 Å². The van der Waals surface area contributed by atoms with Gasteiger partial charge < -0.3 is 15.7 Å². The second-order valence-electron chi connectivity index (χ2n) is 6.36. The first-order valence-corrected chi connectivity index (χ1v) is 9.39. The van der Waals surface area contributed by atoms with Crippen LogP contribution in [0.5, 0.6) is 0 Å². The molecule has 5 nitrogen and oxygen atoms in total. The number of amides is 1. The topological polar surface area (TPSA) is 79.5 Å². The van der Waals surface area contributed by atoms with Gasteiger partial charge in [0.2, 0.25) is 0 Å². The minimum atomic E-state index is -0.270. The summed E-state index contributed by atoms with van der Waals surface area (Å²) >= 11 is 6.34. The first-order chi connectivity index (χ1) is 13.6. The summed E-state index contributed by atoms with van der Waals surface area (Å²) in [6.07, 6.45) is 1.58. The molecule has 3 rings (SSSR count). The Labute approximate surface area is 169 Å². The fourth-order valence-corrected chi connectivity index (χ4v) is 3.27. The molecule has 0 radical (unpaired) electrons. The average molecular weight is 396 g/mol. The normalized spacial score (nSPS) is 10.7. The zero-order valence-electron chi connectivity index (χ0n) is 15.4. The highest BCUT2D eigenvalue weighted by molar-refractivity contribution is 6.33. The van der Waals surface area contributed by atoms with Gasteiger partial charge in [0, 0.05) is 25.8 Å². The number of hydrogen-bond acceptors (Lipinski definition) is 4. The van der Waals surface area contributed by atoms with Gasteiger partial charge in [0.15, 0.2) is 0 Å². The lowest BCUT2D eigenvalue weighted by Gasteiger charge is -2.23. The van der Waals surface area contributed by atoms with Crippen LogP contribution in [0.15, 0.2) is 66.9 Å². The Morgan fingerprint density at radius 1 is 1.04 bits per heavy atom. The number of nitrogens with two attached hydrogens (primary N) is 1. The van der Waals surface area contributed by atoms with E-state index in [0.717, 1.165) is 16.7 Å². The second-order valence-corrected chi connectivity index (χ2v) is 6.72. The average Bonchev–Trinajstić information content (AvgIpc) is 2.73. The van der Waals surface area contributed by atoms with Crippen molar-refractivity contribution >= 4 is 17.5 Å². The molecule has 0 saturated carbocycles. The molecule has 3 N–H and O–H groups in total. The van der Waals surface area contributed by atoms with Crippen LogP contribution >= 0.6 is 11.6 Å². The molecule has 1 heterocycles. The highest BCUT2D eigenvalue weighted by atomic mass is 35.5. The predicted octanol–water partition coefficient (Wildman–Crippen LogP) is 3.50. The lowest BCUT2D eigenvalue weighted by Crippen LogP contribution is -2.33. The molecule has 0 unspecified atom stereocenters. The van der Waals surface area contributed by atoms with Crippen LogP contribution in [-0.4, -0.2) is 34.0 Å². The zero-order valence-corrected chi connectivity index (χ0v) is 16.1. The van der Waals surface area contributed by atoms with Crippen LogP contribution in [0, 0.1) is 0 Å². The van der Waals surface area contributed by atoms with Crippen LogP contribution in [0.2, 0.25) is 5.15 Å². The number of carbonyl (C=O) groups is 1. The van der Waals surface area contributed by atoms with Crippen LogP contribution in [0.25, 0.3) is 11.1 Å². The first-order valence-electron chi connectivity index (χ1n) is 9.02. The van der Waals surface area contributed by atoms with Gasteiger partial charge >= 0.3 is 0 Å². The molecule has 0 atom stereocenters. The molecule has 0 fully saturated rings. The maximum Gasteiger partial charge on any atom is 0.258 e. The maximum absolute atomic E-state index is 13.3. The molecular weight excluding hydrogens is 374 g/mol. The molecule has 3 aromatic rings. The zero-order chi connectivity index (χ0) is 19.9. The predicted molar refractivity (Wildman–Crippen MR) is 111 cm³/mol. The molecule has 0 aliphatic carbocycles.